The predicted molar refractivity (Wildman–Crippen MR) is 67.4 cm³/mol. The largest absolute Gasteiger partial charge is 0.393 e. The normalized spacial score (nSPS) is 21.7. The second-order valence-corrected chi connectivity index (χ2v) is 5.38. The van der Waals surface area contributed by atoms with E-state index in [1.54, 1.807) is 12.1 Å². The second kappa shape index (κ2) is 5.94. The van der Waals surface area contributed by atoms with Gasteiger partial charge in [-0.1, -0.05) is 15.9 Å². The van der Waals surface area contributed by atoms with Crippen LogP contribution in [0.15, 0.2) is 22.7 Å². The molecule has 1 aliphatic rings. The maximum atomic E-state index is 13.5. The summed E-state index contributed by atoms with van der Waals surface area (Å²) in [6.07, 6.45) is 2.58. The molecule has 2 unspecified atom stereocenters. The van der Waals surface area contributed by atoms with E-state index in [9.17, 15) is 9.50 Å². The fourth-order valence-electron chi connectivity index (χ4n) is 2.17. The number of aliphatic hydroxyl groups is 1. The molecule has 0 bridgehead atoms. The molecule has 0 radical (unpaired) electrons. The molecule has 94 valence electrons. The van der Waals surface area contributed by atoms with Crippen LogP contribution in [0.3, 0.4) is 0 Å². The lowest BCUT2D eigenvalue weighted by molar-refractivity contribution is 0.0538. The first-order chi connectivity index (χ1) is 8.15. The molecule has 0 aliphatic carbocycles. The van der Waals surface area contributed by atoms with Crippen molar-refractivity contribution in [3.05, 3.63) is 34.1 Å². The van der Waals surface area contributed by atoms with Gasteiger partial charge in [0, 0.05) is 17.5 Å². The predicted octanol–water partition coefficient (Wildman–Crippen LogP) is 3.06. The summed E-state index contributed by atoms with van der Waals surface area (Å²) in [6.45, 7) is 0.780. The van der Waals surface area contributed by atoms with Crippen LogP contribution in [0.4, 0.5) is 4.39 Å². The lowest BCUT2D eigenvalue weighted by Crippen LogP contribution is -2.19. The van der Waals surface area contributed by atoms with Crippen molar-refractivity contribution < 1.29 is 14.2 Å². The van der Waals surface area contributed by atoms with E-state index in [0.29, 0.717) is 18.4 Å². The minimum Gasteiger partial charge on any atom is -0.393 e. The van der Waals surface area contributed by atoms with E-state index in [2.05, 4.69) is 15.9 Å². The van der Waals surface area contributed by atoms with Gasteiger partial charge in [0.15, 0.2) is 0 Å². The van der Waals surface area contributed by atoms with Crippen molar-refractivity contribution in [2.75, 3.05) is 6.61 Å². The van der Waals surface area contributed by atoms with Gasteiger partial charge in [-0.2, -0.15) is 0 Å². The Morgan fingerprint density at radius 3 is 3.06 bits per heavy atom. The maximum absolute atomic E-state index is 13.5. The third-order valence-electron chi connectivity index (χ3n) is 3.02. The van der Waals surface area contributed by atoms with Crippen LogP contribution in [0.25, 0.3) is 0 Å². The molecule has 1 fully saturated rings. The molecule has 1 aliphatic heterocycles. The zero-order chi connectivity index (χ0) is 12.3. The SMILES string of the molecule is OC(Cc1cc(Br)ccc1F)CC1CCCO1. The first kappa shape index (κ1) is 13.0. The Morgan fingerprint density at radius 1 is 1.53 bits per heavy atom. The first-order valence-electron chi connectivity index (χ1n) is 5.89. The molecule has 1 aromatic carbocycles. The Labute approximate surface area is 109 Å². The number of aliphatic hydroxyl groups excluding tert-OH is 1. The molecule has 1 saturated heterocycles. The summed E-state index contributed by atoms with van der Waals surface area (Å²) in [7, 11) is 0. The van der Waals surface area contributed by atoms with Crippen LogP contribution in [-0.4, -0.2) is 23.9 Å². The van der Waals surface area contributed by atoms with Crippen molar-refractivity contribution in [3.8, 4) is 0 Å². The van der Waals surface area contributed by atoms with E-state index in [1.807, 2.05) is 0 Å². The van der Waals surface area contributed by atoms with E-state index >= 15 is 0 Å². The highest BCUT2D eigenvalue weighted by atomic mass is 79.9. The maximum Gasteiger partial charge on any atom is 0.126 e. The third kappa shape index (κ3) is 3.76. The number of hydrogen-bond donors (Lipinski definition) is 1. The fourth-order valence-corrected chi connectivity index (χ4v) is 2.58. The van der Waals surface area contributed by atoms with Gasteiger partial charge in [0.25, 0.3) is 0 Å². The van der Waals surface area contributed by atoms with Crippen LogP contribution < -0.4 is 0 Å². The number of ether oxygens (including phenoxy) is 1. The van der Waals surface area contributed by atoms with Crippen molar-refractivity contribution in [1.29, 1.82) is 0 Å². The highest BCUT2D eigenvalue weighted by Gasteiger charge is 2.20. The average Bonchev–Trinajstić information content (AvgIpc) is 2.76. The third-order valence-corrected chi connectivity index (χ3v) is 3.52. The summed E-state index contributed by atoms with van der Waals surface area (Å²) >= 11 is 3.30. The van der Waals surface area contributed by atoms with Gasteiger partial charge in [-0.05, 0) is 43.0 Å². The smallest absolute Gasteiger partial charge is 0.126 e. The molecule has 0 saturated carbocycles. The number of halogens is 2. The molecule has 2 rings (SSSR count). The molecular weight excluding hydrogens is 287 g/mol. The fraction of sp³-hybridized carbons (Fsp3) is 0.538. The molecule has 1 heterocycles. The van der Waals surface area contributed by atoms with Crippen LogP contribution in [0, 0.1) is 5.82 Å². The Hall–Kier alpha value is -0.450. The Kier molecular flexibility index (Phi) is 4.54. The molecule has 0 amide bonds. The molecule has 1 aromatic rings. The standard InChI is InChI=1S/C13H16BrFO2/c14-10-3-4-13(15)9(6-10)7-11(16)8-12-2-1-5-17-12/h3-4,6,11-12,16H,1-2,5,7-8H2. The highest BCUT2D eigenvalue weighted by molar-refractivity contribution is 9.10. The average molecular weight is 303 g/mol. The van der Waals surface area contributed by atoms with Crippen LogP contribution in [0.2, 0.25) is 0 Å². The summed E-state index contributed by atoms with van der Waals surface area (Å²) in [5.41, 5.74) is 0.546. The topological polar surface area (TPSA) is 29.5 Å². The highest BCUT2D eigenvalue weighted by Crippen LogP contribution is 2.21. The molecule has 0 aromatic heterocycles. The molecule has 0 spiro atoms. The number of hydrogen-bond acceptors (Lipinski definition) is 2. The number of benzene rings is 1. The van der Waals surface area contributed by atoms with Crippen molar-refractivity contribution in [2.24, 2.45) is 0 Å². The Balaban J connectivity index is 1.92. The van der Waals surface area contributed by atoms with Crippen LogP contribution in [0.1, 0.15) is 24.8 Å². The van der Waals surface area contributed by atoms with Gasteiger partial charge in [-0.3, -0.25) is 0 Å². The van der Waals surface area contributed by atoms with Crippen LogP contribution in [-0.2, 0) is 11.2 Å². The quantitative estimate of drug-likeness (QED) is 0.926. The van der Waals surface area contributed by atoms with Gasteiger partial charge >= 0.3 is 0 Å². The van der Waals surface area contributed by atoms with Gasteiger partial charge in [0.1, 0.15) is 5.82 Å². The monoisotopic (exact) mass is 302 g/mol. The van der Waals surface area contributed by atoms with Gasteiger partial charge in [0.2, 0.25) is 0 Å². The molecule has 2 atom stereocenters. The molecule has 4 heteroatoms. The van der Waals surface area contributed by atoms with E-state index < -0.39 is 6.10 Å². The Bertz CT molecular complexity index is 378. The summed E-state index contributed by atoms with van der Waals surface area (Å²) in [5.74, 6) is -0.264. The van der Waals surface area contributed by atoms with Crippen molar-refractivity contribution in [3.63, 3.8) is 0 Å². The van der Waals surface area contributed by atoms with Gasteiger partial charge < -0.3 is 9.84 Å². The number of rotatable bonds is 4. The van der Waals surface area contributed by atoms with E-state index in [0.717, 1.165) is 23.9 Å². The van der Waals surface area contributed by atoms with Gasteiger partial charge in [0.05, 0.1) is 12.2 Å². The van der Waals surface area contributed by atoms with Crippen LogP contribution >= 0.6 is 15.9 Å². The minimum atomic E-state index is -0.540. The minimum absolute atomic E-state index is 0.139. The van der Waals surface area contributed by atoms with E-state index in [4.69, 9.17) is 4.74 Å². The Morgan fingerprint density at radius 2 is 2.35 bits per heavy atom. The molecule has 1 N–H and O–H groups in total. The molecule has 2 nitrogen and oxygen atoms in total. The molecule has 17 heavy (non-hydrogen) atoms. The lowest BCUT2D eigenvalue weighted by atomic mass is 10.0. The molecular formula is C13H16BrFO2. The van der Waals surface area contributed by atoms with Crippen LogP contribution in [0.5, 0.6) is 0 Å². The zero-order valence-electron chi connectivity index (χ0n) is 9.53. The van der Waals surface area contributed by atoms with Crippen molar-refractivity contribution >= 4 is 15.9 Å². The summed E-state index contributed by atoms with van der Waals surface area (Å²) in [6, 6.07) is 4.79. The van der Waals surface area contributed by atoms with E-state index in [-0.39, 0.29) is 11.9 Å². The van der Waals surface area contributed by atoms with Crippen molar-refractivity contribution in [2.45, 2.75) is 37.9 Å². The summed E-state index contributed by atoms with van der Waals surface area (Å²) in [4.78, 5) is 0. The summed E-state index contributed by atoms with van der Waals surface area (Å²) < 4.78 is 19.8. The summed E-state index contributed by atoms with van der Waals surface area (Å²) in [5, 5.41) is 9.92. The lowest BCUT2D eigenvalue weighted by Gasteiger charge is -2.15. The van der Waals surface area contributed by atoms with Gasteiger partial charge in [-0.15, -0.1) is 0 Å². The first-order valence-corrected chi connectivity index (χ1v) is 6.68. The van der Waals surface area contributed by atoms with Gasteiger partial charge in [-0.25, -0.2) is 4.39 Å². The second-order valence-electron chi connectivity index (χ2n) is 4.46. The van der Waals surface area contributed by atoms with Crippen molar-refractivity contribution in [1.82, 2.24) is 0 Å². The van der Waals surface area contributed by atoms with E-state index in [1.165, 1.54) is 6.07 Å². The zero-order valence-corrected chi connectivity index (χ0v) is 11.1.